The van der Waals surface area contributed by atoms with Crippen LogP contribution in [-0.4, -0.2) is 23.2 Å². The van der Waals surface area contributed by atoms with Gasteiger partial charge in [-0.1, -0.05) is 17.7 Å². The summed E-state index contributed by atoms with van der Waals surface area (Å²) in [5, 5.41) is 12.6. The molecule has 0 aliphatic heterocycles. The number of pyridine rings is 1. The van der Waals surface area contributed by atoms with Crippen LogP contribution in [0.3, 0.4) is 0 Å². The van der Waals surface area contributed by atoms with Crippen molar-refractivity contribution in [1.29, 1.82) is 0 Å². The van der Waals surface area contributed by atoms with Gasteiger partial charge in [0.1, 0.15) is 6.61 Å². The Hall–Kier alpha value is -2.77. The molecule has 0 fully saturated rings. The maximum atomic E-state index is 11.2. The summed E-state index contributed by atoms with van der Waals surface area (Å²) in [4.78, 5) is 15.3. The van der Waals surface area contributed by atoms with E-state index >= 15 is 0 Å². The molecule has 0 saturated heterocycles. The summed E-state index contributed by atoms with van der Waals surface area (Å²) >= 11 is 9.45. The van der Waals surface area contributed by atoms with Crippen molar-refractivity contribution in [2.24, 2.45) is 0 Å². The molecule has 0 bridgehead atoms. The van der Waals surface area contributed by atoms with Crippen LogP contribution in [0.5, 0.6) is 11.5 Å². The van der Waals surface area contributed by atoms with Gasteiger partial charge in [0.2, 0.25) is 0 Å². The number of hydrogen-bond acceptors (Lipinski definition) is 5. The van der Waals surface area contributed by atoms with Gasteiger partial charge in [0.05, 0.1) is 22.2 Å². The minimum absolute atomic E-state index is 0.0505. The summed E-state index contributed by atoms with van der Waals surface area (Å²) in [5.41, 5.74) is 2.58. The lowest BCUT2D eigenvalue weighted by molar-refractivity contribution is 0.0697. The highest BCUT2D eigenvalue weighted by Crippen LogP contribution is 2.37. The zero-order valence-electron chi connectivity index (χ0n) is 15.5. The molecule has 8 heteroatoms. The van der Waals surface area contributed by atoms with E-state index in [1.165, 1.54) is 6.07 Å². The van der Waals surface area contributed by atoms with Crippen LogP contribution >= 0.6 is 27.5 Å². The van der Waals surface area contributed by atoms with Crippen LogP contribution in [0.1, 0.15) is 21.5 Å². The van der Waals surface area contributed by atoms with Crippen LogP contribution in [0.4, 0.5) is 5.69 Å². The summed E-state index contributed by atoms with van der Waals surface area (Å²) in [6, 6.07) is 12.4. The molecule has 0 saturated carbocycles. The lowest BCUT2D eigenvalue weighted by atomic mass is 10.1. The number of nitrogens with one attached hydrogen (secondary N) is 1. The van der Waals surface area contributed by atoms with Crippen LogP contribution < -0.4 is 14.8 Å². The van der Waals surface area contributed by atoms with E-state index in [1.54, 1.807) is 31.6 Å². The number of nitrogens with zero attached hydrogens (tertiary/aromatic N) is 1. The molecule has 0 aliphatic carbocycles. The predicted molar refractivity (Wildman–Crippen MR) is 115 cm³/mol. The molecule has 150 valence electrons. The van der Waals surface area contributed by atoms with Gasteiger partial charge in [-0.05, 0) is 57.9 Å². The molecule has 0 radical (unpaired) electrons. The maximum absolute atomic E-state index is 11.2. The highest BCUT2D eigenvalue weighted by Gasteiger charge is 2.13. The minimum atomic E-state index is -1.07. The topological polar surface area (TPSA) is 80.7 Å². The van der Waals surface area contributed by atoms with Crippen LogP contribution in [0.15, 0.2) is 59.3 Å². The monoisotopic (exact) mass is 476 g/mol. The van der Waals surface area contributed by atoms with E-state index in [1.807, 2.05) is 24.3 Å². The van der Waals surface area contributed by atoms with E-state index in [9.17, 15) is 9.90 Å². The standard InChI is InChI=1S/C21H18BrClN2O4/c1-28-19-8-14(11-25-15-4-5-18(23)16(9-15)21(26)27)7-17(22)20(19)29-12-13-3-2-6-24-10-13/h2-10,25H,11-12H2,1H3,(H,26,27). The molecule has 0 atom stereocenters. The first kappa shape index (κ1) is 21.0. The molecule has 29 heavy (non-hydrogen) atoms. The van der Waals surface area contributed by atoms with Crippen LogP contribution in [-0.2, 0) is 13.2 Å². The molecule has 0 spiro atoms. The van der Waals surface area contributed by atoms with Crippen molar-refractivity contribution in [2.45, 2.75) is 13.2 Å². The van der Waals surface area contributed by atoms with Crippen LogP contribution in [0.25, 0.3) is 0 Å². The van der Waals surface area contributed by atoms with Crippen molar-refractivity contribution >= 4 is 39.2 Å². The Kier molecular flexibility index (Phi) is 6.95. The first-order valence-electron chi connectivity index (χ1n) is 8.62. The van der Waals surface area contributed by atoms with Crippen molar-refractivity contribution < 1.29 is 19.4 Å². The highest BCUT2D eigenvalue weighted by atomic mass is 79.9. The second kappa shape index (κ2) is 9.62. The molecule has 6 nitrogen and oxygen atoms in total. The van der Waals surface area contributed by atoms with Gasteiger partial charge in [0, 0.05) is 30.2 Å². The third-order valence-corrected chi connectivity index (χ3v) is 5.01. The number of benzene rings is 2. The van der Waals surface area contributed by atoms with Gasteiger partial charge >= 0.3 is 5.97 Å². The van der Waals surface area contributed by atoms with Gasteiger partial charge < -0.3 is 19.9 Å². The normalized spacial score (nSPS) is 10.4. The smallest absolute Gasteiger partial charge is 0.337 e. The number of halogens is 2. The lowest BCUT2D eigenvalue weighted by Crippen LogP contribution is -2.04. The van der Waals surface area contributed by atoms with Gasteiger partial charge in [0.25, 0.3) is 0 Å². The van der Waals surface area contributed by atoms with Crippen molar-refractivity contribution in [2.75, 3.05) is 12.4 Å². The quantitative estimate of drug-likeness (QED) is 0.452. The summed E-state index contributed by atoms with van der Waals surface area (Å²) in [5.74, 6) is 0.111. The van der Waals surface area contributed by atoms with Gasteiger partial charge in [-0.15, -0.1) is 0 Å². The number of anilines is 1. The van der Waals surface area contributed by atoms with E-state index < -0.39 is 5.97 Å². The Bertz CT molecular complexity index is 1020. The van der Waals surface area contributed by atoms with E-state index in [2.05, 4.69) is 26.2 Å². The Morgan fingerprint density at radius 2 is 2.07 bits per heavy atom. The molecule has 3 aromatic rings. The van der Waals surface area contributed by atoms with E-state index in [0.717, 1.165) is 15.6 Å². The molecule has 2 N–H and O–H groups in total. The molecule has 0 unspecified atom stereocenters. The van der Waals surface area contributed by atoms with E-state index in [4.69, 9.17) is 21.1 Å². The SMILES string of the molecule is COc1cc(CNc2ccc(Cl)c(C(=O)O)c2)cc(Br)c1OCc1cccnc1. The summed E-state index contributed by atoms with van der Waals surface area (Å²) in [6.07, 6.45) is 3.46. The van der Waals surface area contributed by atoms with Crippen molar-refractivity contribution in [3.05, 3.63) is 81.0 Å². The fourth-order valence-corrected chi connectivity index (χ4v) is 3.46. The van der Waals surface area contributed by atoms with Gasteiger partial charge in [-0.3, -0.25) is 4.98 Å². The van der Waals surface area contributed by atoms with Crippen molar-refractivity contribution in [3.63, 3.8) is 0 Å². The Balaban J connectivity index is 1.73. The Morgan fingerprint density at radius 1 is 1.24 bits per heavy atom. The second-order valence-corrected chi connectivity index (χ2v) is 7.37. The molecule has 3 rings (SSSR count). The second-order valence-electron chi connectivity index (χ2n) is 6.11. The number of hydrogen-bond donors (Lipinski definition) is 2. The fourth-order valence-electron chi connectivity index (χ4n) is 2.66. The number of aromatic carboxylic acids is 1. The Morgan fingerprint density at radius 3 is 2.76 bits per heavy atom. The van der Waals surface area contributed by atoms with Crippen molar-refractivity contribution in [1.82, 2.24) is 4.98 Å². The van der Waals surface area contributed by atoms with Crippen molar-refractivity contribution in [3.8, 4) is 11.5 Å². The number of carboxylic acids is 1. The summed E-state index contributed by atoms with van der Waals surface area (Å²) < 4.78 is 12.1. The number of carboxylic acid groups (broad SMARTS) is 1. The number of aromatic nitrogens is 1. The molecular formula is C21H18BrClN2O4. The number of ether oxygens (including phenoxy) is 2. The molecule has 1 aromatic heterocycles. The zero-order chi connectivity index (χ0) is 20.8. The Labute approximate surface area is 181 Å². The summed E-state index contributed by atoms with van der Waals surface area (Å²) in [6.45, 7) is 0.821. The predicted octanol–water partition coefficient (Wildman–Crippen LogP) is 5.40. The highest BCUT2D eigenvalue weighted by molar-refractivity contribution is 9.10. The fraction of sp³-hybridized carbons (Fsp3) is 0.143. The molecular weight excluding hydrogens is 460 g/mol. The number of rotatable bonds is 8. The number of carbonyl (C=O) groups is 1. The van der Waals surface area contributed by atoms with E-state index in [0.29, 0.717) is 30.3 Å². The molecule has 0 amide bonds. The minimum Gasteiger partial charge on any atom is -0.493 e. The number of methoxy groups -OCH3 is 1. The summed E-state index contributed by atoms with van der Waals surface area (Å²) in [7, 11) is 1.58. The molecule has 0 aliphatic rings. The first-order chi connectivity index (χ1) is 14.0. The van der Waals surface area contributed by atoms with Gasteiger partial charge in [-0.25, -0.2) is 4.79 Å². The first-order valence-corrected chi connectivity index (χ1v) is 9.80. The average Bonchev–Trinajstić information content (AvgIpc) is 2.72. The third-order valence-electron chi connectivity index (χ3n) is 4.09. The average molecular weight is 478 g/mol. The largest absolute Gasteiger partial charge is 0.493 e. The third kappa shape index (κ3) is 5.40. The van der Waals surface area contributed by atoms with Gasteiger partial charge in [0.15, 0.2) is 11.5 Å². The molecule has 2 aromatic carbocycles. The van der Waals surface area contributed by atoms with E-state index in [-0.39, 0.29) is 10.6 Å². The zero-order valence-corrected chi connectivity index (χ0v) is 17.8. The van der Waals surface area contributed by atoms with Crippen LogP contribution in [0, 0.1) is 0 Å². The van der Waals surface area contributed by atoms with Crippen LogP contribution in [0.2, 0.25) is 5.02 Å². The maximum Gasteiger partial charge on any atom is 0.337 e. The van der Waals surface area contributed by atoms with Gasteiger partial charge in [-0.2, -0.15) is 0 Å². The molecule has 1 heterocycles. The lowest BCUT2D eigenvalue weighted by Gasteiger charge is -2.15.